The summed E-state index contributed by atoms with van der Waals surface area (Å²) in [4.78, 5) is 15.6. The molecule has 10 aromatic rings. The lowest BCUT2D eigenvalue weighted by atomic mass is 9.99. The van der Waals surface area contributed by atoms with Gasteiger partial charge in [-0.2, -0.15) is 0 Å². The minimum Gasteiger partial charge on any atom is -0.456 e. The molecule has 2 heterocycles. The zero-order valence-corrected chi connectivity index (χ0v) is 28.9. The molecule has 0 aliphatic rings. The number of aromatic nitrogens is 3. The van der Waals surface area contributed by atoms with Gasteiger partial charge in [0.1, 0.15) is 11.2 Å². The summed E-state index contributed by atoms with van der Waals surface area (Å²) in [7, 11) is 0. The van der Waals surface area contributed by atoms with Crippen molar-refractivity contribution in [2.75, 3.05) is 4.90 Å². The van der Waals surface area contributed by atoms with Crippen LogP contribution in [0.2, 0.25) is 0 Å². The highest BCUT2D eigenvalue weighted by molar-refractivity contribution is 6.12. The summed E-state index contributed by atoms with van der Waals surface area (Å²) in [5.74, 6) is 1.10. The molecule has 0 spiro atoms. The first kappa shape index (κ1) is 19.1. The van der Waals surface area contributed by atoms with Crippen molar-refractivity contribution in [3.05, 3.63) is 206 Å². The monoisotopic (exact) mass is 736 g/mol. The normalized spacial score (nSPS) is 15.7. The van der Waals surface area contributed by atoms with Gasteiger partial charge in [-0.1, -0.05) is 157 Å². The van der Waals surface area contributed by atoms with Gasteiger partial charge >= 0.3 is 0 Å². The summed E-state index contributed by atoms with van der Waals surface area (Å²) in [6.07, 6.45) is 0. The van der Waals surface area contributed by atoms with Crippen LogP contribution in [0.1, 0.15) is 24.7 Å². The van der Waals surface area contributed by atoms with Crippen LogP contribution in [0, 0.1) is 0 Å². The first-order chi connectivity index (χ1) is 35.2. The molecule has 0 saturated heterocycles. The minimum absolute atomic E-state index is 0.0734. The Hall–Kier alpha value is -7.63. The van der Waals surface area contributed by atoms with E-state index in [1.807, 2.05) is 66.7 Å². The SMILES string of the molecule is [2H]c1c([2H])c([2H])c(-c2c([2H])c([2H])c(-c3c([2H])c([2H])c([2H])c(N(c4ccc5c(c4)oc4cccc(-c6nc(-c7ccccc7)nc(-c7ccccc7)n6)c45)c4c([2H])c([2H])c([2H])c([2H])c4[2H])c3[2H])c([2H])c2[2H])c([2H])c1[2H]. The number of benzene rings is 8. The van der Waals surface area contributed by atoms with Gasteiger partial charge in [0.2, 0.25) is 0 Å². The molecule has 0 radical (unpaired) electrons. The molecule has 56 heavy (non-hydrogen) atoms. The lowest BCUT2D eigenvalue weighted by Crippen LogP contribution is -2.09. The second-order valence-electron chi connectivity index (χ2n) is 12.3. The molecule has 0 aliphatic carbocycles. The third-order valence-corrected chi connectivity index (χ3v) is 8.85. The molecule has 5 nitrogen and oxygen atoms in total. The number of hydrogen-bond donors (Lipinski definition) is 0. The summed E-state index contributed by atoms with van der Waals surface area (Å²) in [5, 5.41) is 1.05. The standard InChI is InChI=1S/C51H34N4O/c1-5-15-35(16-6-1)36-27-29-37(30-28-36)40-21-13-24-42(33-40)55(41-22-11-4-12-23-41)43-31-32-44-47(34-43)56-46-26-14-25-45(48(44)46)51-53-49(38-17-7-2-8-18-38)52-50(54-51)39-19-9-3-10-20-39/h1-34H/i1D,4D,5D,6D,11D,12D,13D,15D,16D,21D,22D,23D,24D,27D,28D,29D,30D,33D. The summed E-state index contributed by atoms with van der Waals surface area (Å²) < 4.78 is 165. The van der Waals surface area contributed by atoms with Gasteiger partial charge in [-0.3, -0.25) is 0 Å². The molecule has 10 rings (SSSR count). The first-order valence-corrected chi connectivity index (χ1v) is 17.2. The van der Waals surface area contributed by atoms with Crippen molar-refractivity contribution < 1.29 is 29.1 Å². The molecule has 0 amide bonds. The van der Waals surface area contributed by atoms with E-state index in [0.29, 0.717) is 39.4 Å². The number of nitrogens with zero attached hydrogens (tertiary/aromatic N) is 4. The van der Waals surface area contributed by atoms with E-state index in [1.54, 1.807) is 18.2 Å². The summed E-state index contributed by atoms with van der Waals surface area (Å²) >= 11 is 0. The van der Waals surface area contributed by atoms with E-state index in [9.17, 15) is 2.74 Å². The Morgan fingerprint density at radius 2 is 0.982 bits per heavy atom. The van der Waals surface area contributed by atoms with Crippen molar-refractivity contribution in [1.82, 2.24) is 15.0 Å². The number of para-hydroxylation sites is 1. The van der Waals surface area contributed by atoms with Crippen LogP contribution in [-0.4, -0.2) is 15.0 Å². The van der Waals surface area contributed by atoms with E-state index in [1.165, 1.54) is 12.1 Å². The molecule has 0 saturated carbocycles. The van der Waals surface area contributed by atoms with Crippen molar-refractivity contribution >= 4 is 39.0 Å². The average molecular weight is 737 g/mol. The quantitative estimate of drug-likeness (QED) is 0.155. The van der Waals surface area contributed by atoms with E-state index in [-0.39, 0.29) is 11.3 Å². The highest BCUT2D eigenvalue weighted by Gasteiger charge is 2.20. The summed E-state index contributed by atoms with van der Waals surface area (Å²) in [6.45, 7) is 0. The lowest BCUT2D eigenvalue weighted by Gasteiger charge is -2.26. The van der Waals surface area contributed by atoms with Crippen molar-refractivity contribution in [3.8, 4) is 56.4 Å². The molecule has 0 bridgehead atoms. The maximum absolute atomic E-state index is 9.74. The fourth-order valence-electron chi connectivity index (χ4n) is 6.30. The van der Waals surface area contributed by atoms with Crippen LogP contribution in [0.25, 0.3) is 78.4 Å². The fourth-order valence-corrected chi connectivity index (χ4v) is 6.30. The Bertz CT molecular complexity index is 3880. The second-order valence-corrected chi connectivity index (χ2v) is 12.3. The number of furan rings is 1. The van der Waals surface area contributed by atoms with Gasteiger partial charge in [-0.05, 0) is 64.6 Å². The molecule has 0 fully saturated rings. The minimum atomic E-state index is -0.934. The largest absolute Gasteiger partial charge is 0.456 e. The number of hydrogen-bond acceptors (Lipinski definition) is 5. The van der Waals surface area contributed by atoms with Crippen LogP contribution in [0.5, 0.6) is 0 Å². The zero-order chi connectivity index (χ0) is 52.9. The van der Waals surface area contributed by atoms with Gasteiger partial charge in [0.05, 0.1) is 24.7 Å². The van der Waals surface area contributed by atoms with E-state index >= 15 is 0 Å². The second kappa shape index (κ2) is 14.3. The van der Waals surface area contributed by atoms with Crippen LogP contribution in [0.4, 0.5) is 17.1 Å². The number of anilines is 3. The van der Waals surface area contributed by atoms with Crippen molar-refractivity contribution in [1.29, 1.82) is 0 Å². The van der Waals surface area contributed by atoms with Crippen molar-refractivity contribution in [3.63, 3.8) is 0 Å². The summed E-state index contributed by atoms with van der Waals surface area (Å²) in [6, 6.07) is 13.3. The molecule has 2 aromatic heterocycles. The van der Waals surface area contributed by atoms with Gasteiger partial charge in [0.25, 0.3) is 0 Å². The average Bonchev–Trinajstić information content (AvgIpc) is 3.80. The highest BCUT2D eigenvalue weighted by atomic mass is 16.3. The van der Waals surface area contributed by atoms with Crippen LogP contribution in [0.15, 0.2) is 210 Å². The van der Waals surface area contributed by atoms with Crippen molar-refractivity contribution in [2.45, 2.75) is 0 Å². The molecule has 0 atom stereocenters. The highest BCUT2D eigenvalue weighted by Crippen LogP contribution is 2.42. The molecule has 0 N–H and O–H groups in total. The van der Waals surface area contributed by atoms with Crippen molar-refractivity contribution in [2.24, 2.45) is 0 Å². The lowest BCUT2D eigenvalue weighted by molar-refractivity contribution is 0.669. The number of rotatable bonds is 8. The first-order valence-electron chi connectivity index (χ1n) is 26.2. The molecule has 264 valence electrons. The Morgan fingerprint density at radius 3 is 1.66 bits per heavy atom. The predicted octanol–water partition coefficient (Wildman–Crippen LogP) is 13.6. The third kappa shape index (κ3) is 6.27. The van der Waals surface area contributed by atoms with E-state index in [2.05, 4.69) is 0 Å². The van der Waals surface area contributed by atoms with E-state index < -0.39 is 142 Å². The molecule has 0 unspecified atom stereocenters. The molecular weight excluding hydrogens is 685 g/mol. The maximum atomic E-state index is 9.74. The van der Waals surface area contributed by atoms with E-state index in [4.69, 9.17) is 41.3 Å². The van der Waals surface area contributed by atoms with Gasteiger partial charge in [0.15, 0.2) is 17.5 Å². The smallest absolute Gasteiger partial charge is 0.164 e. The zero-order valence-electron chi connectivity index (χ0n) is 46.9. The fraction of sp³-hybridized carbons (Fsp3) is 0. The Balaban J connectivity index is 1.22. The molecular formula is C51H34N4O. The summed E-state index contributed by atoms with van der Waals surface area (Å²) in [5.41, 5.74) is -1.56. The van der Waals surface area contributed by atoms with Gasteiger partial charge < -0.3 is 9.32 Å². The Morgan fingerprint density at radius 1 is 0.411 bits per heavy atom. The Kier molecular flexibility index (Phi) is 4.88. The number of fused-ring (bicyclic) bond motifs is 3. The van der Waals surface area contributed by atoms with Gasteiger partial charge in [0, 0.05) is 50.6 Å². The molecule has 8 aromatic carbocycles. The van der Waals surface area contributed by atoms with Crippen LogP contribution >= 0.6 is 0 Å². The van der Waals surface area contributed by atoms with Gasteiger partial charge in [-0.15, -0.1) is 0 Å². The topological polar surface area (TPSA) is 55.1 Å². The van der Waals surface area contributed by atoms with Crippen LogP contribution in [-0.2, 0) is 0 Å². The predicted molar refractivity (Wildman–Crippen MR) is 229 cm³/mol. The Labute approximate surface area is 350 Å². The van der Waals surface area contributed by atoms with Gasteiger partial charge in [-0.25, -0.2) is 15.0 Å². The molecule has 5 heteroatoms. The van der Waals surface area contributed by atoms with Crippen LogP contribution in [0.3, 0.4) is 0 Å². The molecule has 0 aliphatic heterocycles. The third-order valence-electron chi connectivity index (χ3n) is 8.85. The van der Waals surface area contributed by atoms with Crippen LogP contribution < -0.4 is 4.90 Å². The maximum Gasteiger partial charge on any atom is 0.164 e. The van der Waals surface area contributed by atoms with E-state index in [0.717, 1.165) is 16.0 Å².